The van der Waals surface area contributed by atoms with E-state index in [-0.39, 0.29) is 56.3 Å². The summed E-state index contributed by atoms with van der Waals surface area (Å²) in [6.45, 7) is 32.6. The van der Waals surface area contributed by atoms with E-state index in [4.69, 9.17) is 36.2 Å². The first-order chi connectivity index (χ1) is 44.7. The van der Waals surface area contributed by atoms with Crippen LogP contribution in [0.4, 0.5) is 22.0 Å². The second-order valence-electron chi connectivity index (χ2n) is 25.8. The quantitative estimate of drug-likeness (QED) is 0.0349. The summed E-state index contributed by atoms with van der Waals surface area (Å²) in [5.41, 5.74) is 5.08. The maximum atomic E-state index is 14.1. The molecule has 18 nitrogen and oxygen atoms in total. The van der Waals surface area contributed by atoms with Crippen molar-refractivity contribution in [3.8, 4) is 11.3 Å². The molecule has 7 aromatic rings. The average Bonchev–Trinajstić information content (AvgIpc) is 1.63. The molecule has 0 saturated carbocycles. The number of carbonyl (C=O) groups excluding carboxylic acids is 4. The monoisotopic (exact) mass is 1370 g/mol. The standard InChI is InChI=1S/C19H21FN2O3.C15H20BFO4.C11H15ClN2O.C10H11FO2.C9H9FO2.C8H7FO2/c1-11-14(7-13(18(24)25)8-15(11)20)16-6-5-12(9-21-16)17(23)22-10-19(2,3)4;1-9-11(7-10(8-12(9)17)13(18)19-6)16-20-14(2,3)15(4,5)21-16;1-11(2,3)7-14-10(15)8-4-5-9(12)13-6-8;1-6-4-8(10(12)13-3)5-9(11)7(6)2;1-5-3-7(9(11)12)4-8(10)6(5)2;1-5-2-3-6(8(10)11)4-7(5)9/h5-9H,10H2,1-4H3,(H,22,23)(H,24,25);7-8H,1-6H3;4-6H,7H2,1-3H3,(H,14,15);4-5H,1-3H3;3-4H,1-2H3,(H,11,12);2-4H,1H3,(H,10,11). The highest BCUT2D eigenvalue weighted by Gasteiger charge is 2.52. The minimum atomic E-state index is -1.21. The molecule has 1 fully saturated rings. The molecule has 0 aliphatic carbocycles. The molecule has 1 saturated heterocycles. The van der Waals surface area contributed by atoms with Gasteiger partial charge < -0.3 is 44.7 Å². The zero-order valence-corrected chi connectivity index (χ0v) is 58.6. The predicted molar refractivity (Wildman–Crippen MR) is 360 cm³/mol. The van der Waals surface area contributed by atoms with Gasteiger partial charge in [0.2, 0.25) is 0 Å². The number of aryl methyl sites for hydroxylation is 3. The first kappa shape index (κ1) is 81.8. The van der Waals surface area contributed by atoms with E-state index in [0.29, 0.717) is 79.5 Å². The number of rotatable bonds is 11. The van der Waals surface area contributed by atoms with E-state index in [0.717, 1.165) is 29.8 Å². The number of ether oxygens (including phenoxy) is 2. The Morgan fingerprint density at radius 1 is 0.474 bits per heavy atom. The molecule has 0 unspecified atom stereocenters. The van der Waals surface area contributed by atoms with E-state index in [1.807, 2.05) is 48.5 Å². The Kier molecular flexibility index (Phi) is 29.6. The molecule has 0 bridgehead atoms. The number of carbonyl (C=O) groups is 7. The summed E-state index contributed by atoms with van der Waals surface area (Å²) in [5.74, 6) is -7.29. The normalized spacial score (nSPS) is 12.5. The van der Waals surface area contributed by atoms with Gasteiger partial charge in [0.25, 0.3) is 11.8 Å². The third-order valence-electron chi connectivity index (χ3n) is 15.0. The molecular weight excluding hydrogens is 1290 g/mol. The Morgan fingerprint density at radius 3 is 1.23 bits per heavy atom. The van der Waals surface area contributed by atoms with Gasteiger partial charge >= 0.3 is 37.0 Å². The number of nitrogens with one attached hydrogen (secondary N) is 2. The lowest BCUT2D eigenvalue weighted by Crippen LogP contribution is -2.41. The van der Waals surface area contributed by atoms with Crippen molar-refractivity contribution in [3.63, 3.8) is 0 Å². The molecule has 0 spiro atoms. The van der Waals surface area contributed by atoms with Crippen LogP contribution in [-0.2, 0) is 18.8 Å². The van der Waals surface area contributed by atoms with Crippen LogP contribution in [0, 0.1) is 88.4 Å². The summed E-state index contributed by atoms with van der Waals surface area (Å²) < 4.78 is 87.7. The number of pyridine rings is 2. The zero-order valence-electron chi connectivity index (χ0n) is 57.8. The molecule has 8 rings (SSSR count). The molecule has 25 heteroatoms. The second kappa shape index (κ2) is 35.0. The van der Waals surface area contributed by atoms with Crippen LogP contribution in [0.2, 0.25) is 5.15 Å². The molecule has 97 heavy (non-hydrogen) atoms. The Balaban J connectivity index is 0.000000311. The van der Waals surface area contributed by atoms with Crippen molar-refractivity contribution < 1.29 is 89.6 Å². The number of aromatic nitrogens is 2. The highest BCUT2D eigenvalue weighted by molar-refractivity contribution is 6.62. The highest BCUT2D eigenvalue weighted by atomic mass is 35.5. The zero-order chi connectivity index (χ0) is 74.0. The fourth-order valence-electron chi connectivity index (χ4n) is 8.03. The third kappa shape index (κ3) is 24.6. The molecule has 0 radical (unpaired) electrons. The molecule has 5 N–H and O–H groups in total. The van der Waals surface area contributed by atoms with E-state index < -0.39 is 71.4 Å². The van der Waals surface area contributed by atoms with Crippen LogP contribution >= 0.6 is 11.6 Å². The minimum Gasteiger partial charge on any atom is -0.478 e. The number of aromatic carboxylic acids is 3. The Labute approximate surface area is 567 Å². The molecule has 2 aromatic heterocycles. The van der Waals surface area contributed by atoms with Crippen LogP contribution in [0.3, 0.4) is 0 Å². The predicted octanol–water partition coefficient (Wildman–Crippen LogP) is 14.6. The topological polar surface area (TPSA) is 267 Å². The lowest BCUT2D eigenvalue weighted by atomic mass is 9.75. The van der Waals surface area contributed by atoms with Gasteiger partial charge in [0.1, 0.15) is 34.2 Å². The van der Waals surface area contributed by atoms with Crippen LogP contribution in [0.5, 0.6) is 0 Å². The van der Waals surface area contributed by atoms with E-state index in [2.05, 4.69) is 50.8 Å². The lowest BCUT2D eigenvalue weighted by molar-refractivity contribution is 0.00578. The number of carboxylic acid groups (broad SMARTS) is 3. The number of hydrogen-bond acceptors (Lipinski definition) is 13. The van der Waals surface area contributed by atoms with E-state index in [1.165, 1.54) is 56.9 Å². The Hall–Kier alpha value is -9.39. The van der Waals surface area contributed by atoms with Crippen molar-refractivity contribution >= 4 is 65.8 Å². The summed E-state index contributed by atoms with van der Waals surface area (Å²) in [7, 11) is 1.82. The van der Waals surface area contributed by atoms with Crippen LogP contribution in [0.1, 0.15) is 181 Å². The summed E-state index contributed by atoms with van der Waals surface area (Å²) >= 11 is 5.62. The van der Waals surface area contributed by atoms with Gasteiger partial charge in [0.05, 0.1) is 70.1 Å². The first-order valence-corrected chi connectivity index (χ1v) is 30.4. The number of nitrogens with zero attached hydrogens (tertiary/aromatic N) is 2. The number of methoxy groups -OCH3 is 2. The van der Waals surface area contributed by atoms with Gasteiger partial charge in [-0.3, -0.25) is 14.6 Å². The third-order valence-corrected chi connectivity index (χ3v) is 15.3. The van der Waals surface area contributed by atoms with Crippen LogP contribution in [0.15, 0.2) is 103 Å². The number of amides is 2. The number of carboxylic acids is 3. The number of benzene rings is 5. The maximum Gasteiger partial charge on any atom is 0.495 e. The lowest BCUT2D eigenvalue weighted by Gasteiger charge is -2.32. The largest absolute Gasteiger partial charge is 0.495 e. The van der Waals surface area contributed by atoms with Gasteiger partial charge in [-0.25, -0.2) is 50.9 Å². The van der Waals surface area contributed by atoms with Crippen molar-refractivity contribution in [1.82, 2.24) is 20.6 Å². The van der Waals surface area contributed by atoms with Gasteiger partial charge in [-0.2, -0.15) is 0 Å². The van der Waals surface area contributed by atoms with Crippen molar-refractivity contribution in [3.05, 3.63) is 216 Å². The van der Waals surface area contributed by atoms with Gasteiger partial charge in [0.15, 0.2) is 0 Å². The first-order valence-electron chi connectivity index (χ1n) is 30.0. The molecule has 2 amide bonds. The van der Waals surface area contributed by atoms with Crippen molar-refractivity contribution in [2.24, 2.45) is 10.8 Å². The summed E-state index contributed by atoms with van der Waals surface area (Å²) in [6.07, 6.45) is 2.87. The van der Waals surface area contributed by atoms with Gasteiger partial charge in [-0.15, -0.1) is 0 Å². The Morgan fingerprint density at radius 2 is 0.845 bits per heavy atom. The molecule has 1 aliphatic heterocycles. The molecular formula is C72H83BClF5N4O14. The number of esters is 2. The highest BCUT2D eigenvalue weighted by Crippen LogP contribution is 2.37. The Bertz CT molecular complexity index is 3940. The van der Waals surface area contributed by atoms with Crippen LogP contribution in [-0.4, -0.2) is 113 Å². The smallest absolute Gasteiger partial charge is 0.478 e. The summed E-state index contributed by atoms with van der Waals surface area (Å²) in [5, 5.41) is 32.1. The maximum absolute atomic E-state index is 14.1. The molecule has 1 aliphatic rings. The number of halogens is 6. The van der Waals surface area contributed by atoms with Gasteiger partial charge in [-0.1, -0.05) is 59.2 Å². The molecule has 520 valence electrons. The van der Waals surface area contributed by atoms with Crippen molar-refractivity contribution in [2.75, 3.05) is 27.3 Å². The summed E-state index contributed by atoms with van der Waals surface area (Å²) in [4.78, 5) is 86.3. The van der Waals surface area contributed by atoms with E-state index in [9.17, 15) is 55.5 Å². The molecule has 3 heterocycles. The number of hydrogen-bond donors (Lipinski definition) is 5. The van der Waals surface area contributed by atoms with E-state index >= 15 is 0 Å². The average molecular weight is 1370 g/mol. The van der Waals surface area contributed by atoms with E-state index in [1.54, 1.807) is 84.9 Å². The molecule has 0 atom stereocenters. The van der Waals surface area contributed by atoms with Gasteiger partial charge in [0, 0.05) is 31.0 Å². The van der Waals surface area contributed by atoms with Crippen LogP contribution in [0.25, 0.3) is 11.3 Å². The van der Waals surface area contributed by atoms with Crippen molar-refractivity contribution in [1.29, 1.82) is 0 Å². The SMILES string of the molecule is CC(C)(C)CNC(=O)c1ccc(Cl)nc1.COC(=O)c1cc(C)c(C)c(F)c1.COC(=O)c1cc(F)c(C)c(B2OC(C)(C)C(C)(C)O2)c1.Cc1c(F)cc(C(=O)O)cc1-c1ccc(C(=O)NCC(C)(C)C)cn1.Cc1cc(C(=O)O)cc(F)c1C.Cc1ccc(C(=O)O)cc1F. The second-order valence-corrected chi connectivity index (χ2v) is 26.2. The summed E-state index contributed by atoms with van der Waals surface area (Å²) in [6, 6.07) is 20.6. The van der Waals surface area contributed by atoms with Crippen LogP contribution < -0.4 is 16.1 Å². The molecule has 5 aromatic carbocycles. The fraction of sp³-hybridized carbons (Fsp3) is 0.347. The van der Waals surface area contributed by atoms with Crippen molar-refractivity contribution in [2.45, 2.75) is 129 Å². The fourth-order valence-corrected chi connectivity index (χ4v) is 8.14. The minimum absolute atomic E-state index is 0.00407. The van der Waals surface area contributed by atoms with Gasteiger partial charge in [-0.05, 0) is 216 Å².